The molecule has 118 valence electrons. The zero-order valence-electron chi connectivity index (χ0n) is 13.1. The van der Waals surface area contributed by atoms with Crippen molar-refractivity contribution in [3.8, 4) is 0 Å². The number of benzene rings is 1. The molecule has 0 saturated heterocycles. The lowest BCUT2D eigenvalue weighted by molar-refractivity contribution is -0.122. The topological polar surface area (TPSA) is 58.4 Å². The molecule has 0 aliphatic carbocycles. The number of nitrogens with one attached hydrogen (secondary N) is 1. The molecule has 3 N–H and O–H groups in total. The Balaban J connectivity index is 2.28. The number of nitrogens with zero attached hydrogens (tertiary/aromatic N) is 1. The van der Waals surface area contributed by atoms with Gasteiger partial charge in [-0.1, -0.05) is 26.0 Å². The van der Waals surface area contributed by atoms with Crippen molar-refractivity contribution < 1.29 is 9.18 Å². The van der Waals surface area contributed by atoms with Gasteiger partial charge in [0.05, 0.1) is 11.7 Å². The molecule has 0 unspecified atom stereocenters. The van der Waals surface area contributed by atoms with Crippen LogP contribution in [0.4, 0.5) is 10.1 Å². The van der Waals surface area contributed by atoms with E-state index in [1.54, 1.807) is 12.1 Å². The minimum atomic E-state index is -0.450. The molecule has 0 aliphatic rings. The van der Waals surface area contributed by atoms with E-state index in [4.69, 9.17) is 5.73 Å². The summed E-state index contributed by atoms with van der Waals surface area (Å²) < 4.78 is 13.6. The van der Waals surface area contributed by atoms with Gasteiger partial charge in [-0.25, -0.2) is 4.39 Å². The van der Waals surface area contributed by atoms with Crippen LogP contribution < -0.4 is 16.0 Å². The molecule has 1 aromatic rings. The standard InChI is InChI=1S/C16H26FN3O/c1-12(2)11-14(18)16(21)19-9-6-10-20(3)15-8-5-4-7-13(15)17/h4-5,7-8,12,14H,6,9-11,18H2,1-3H3,(H,19,21)/t14-/m0/s1. The maximum Gasteiger partial charge on any atom is 0.236 e. The zero-order chi connectivity index (χ0) is 15.8. The number of nitrogens with two attached hydrogens (primary N) is 1. The highest BCUT2D eigenvalue weighted by Gasteiger charge is 2.14. The number of carbonyl (C=O) groups excluding carboxylic acids is 1. The first kappa shape index (κ1) is 17.4. The van der Waals surface area contributed by atoms with E-state index in [2.05, 4.69) is 5.32 Å². The van der Waals surface area contributed by atoms with Gasteiger partial charge in [0.1, 0.15) is 5.82 Å². The van der Waals surface area contributed by atoms with E-state index in [0.717, 1.165) is 6.42 Å². The summed E-state index contributed by atoms with van der Waals surface area (Å²) in [4.78, 5) is 13.6. The van der Waals surface area contributed by atoms with Gasteiger partial charge in [-0.15, -0.1) is 0 Å². The van der Waals surface area contributed by atoms with E-state index in [1.807, 2.05) is 31.9 Å². The van der Waals surface area contributed by atoms with E-state index >= 15 is 0 Å². The number of para-hydroxylation sites is 1. The van der Waals surface area contributed by atoms with Gasteiger partial charge in [-0.3, -0.25) is 4.79 Å². The number of hydrogen-bond acceptors (Lipinski definition) is 3. The molecule has 1 atom stereocenters. The third kappa shape index (κ3) is 6.12. The predicted octanol–water partition coefficient (Wildman–Crippen LogP) is 2.14. The van der Waals surface area contributed by atoms with Crippen molar-refractivity contribution in [2.24, 2.45) is 11.7 Å². The lowest BCUT2D eigenvalue weighted by atomic mass is 10.0. The quantitative estimate of drug-likeness (QED) is 0.722. The molecular formula is C16H26FN3O. The molecule has 0 spiro atoms. The van der Waals surface area contributed by atoms with Gasteiger partial charge in [0, 0.05) is 20.1 Å². The molecule has 1 rings (SSSR count). The summed E-state index contributed by atoms with van der Waals surface area (Å²) in [6.07, 6.45) is 1.42. The van der Waals surface area contributed by atoms with E-state index in [1.165, 1.54) is 6.07 Å². The van der Waals surface area contributed by atoms with Crippen LogP contribution in [0.15, 0.2) is 24.3 Å². The highest BCUT2D eigenvalue weighted by molar-refractivity contribution is 5.81. The normalized spacial score (nSPS) is 12.3. The maximum absolute atomic E-state index is 13.6. The minimum absolute atomic E-state index is 0.114. The average Bonchev–Trinajstić information content (AvgIpc) is 2.42. The van der Waals surface area contributed by atoms with Crippen LogP contribution in [-0.2, 0) is 4.79 Å². The molecule has 0 heterocycles. The van der Waals surface area contributed by atoms with Gasteiger partial charge in [0.15, 0.2) is 0 Å². The minimum Gasteiger partial charge on any atom is -0.372 e. The van der Waals surface area contributed by atoms with Crippen LogP contribution in [-0.4, -0.2) is 32.1 Å². The van der Waals surface area contributed by atoms with E-state index in [9.17, 15) is 9.18 Å². The molecule has 1 amide bonds. The molecule has 5 heteroatoms. The lowest BCUT2D eigenvalue weighted by Crippen LogP contribution is -2.42. The van der Waals surface area contributed by atoms with Gasteiger partial charge >= 0.3 is 0 Å². The fraction of sp³-hybridized carbons (Fsp3) is 0.562. The second-order valence-electron chi connectivity index (χ2n) is 5.75. The van der Waals surface area contributed by atoms with Crippen molar-refractivity contribution in [3.63, 3.8) is 0 Å². The summed E-state index contributed by atoms with van der Waals surface area (Å²) in [5.41, 5.74) is 6.37. The first-order chi connectivity index (χ1) is 9.91. The second kappa shape index (κ2) is 8.62. The van der Waals surface area contributed by atoms with Gasteiger partial charge < -0.3 is 16.0 Å². The molecule has 0 saturated carbocycles. The van der Waals surface area contributed by atoms with Crippen LogP contribution in [0.25, 0.3) is 0 Å². The molecule has 0 bridgehead atoms. The van der Waals surface area contributed by atoms with Crippen molar-refractivity contribution in [2.75, 3.05) is 25.0 Å². The van der Waals surface area contributed by atoms with E-state index in [0.29, 0.717) is 31.1 Å². The largest absolute Gasteiger partial charge is 0.372 e. The molecular weight excluding hydrogens is 269 g/mol. The summed E-state index contributed by atoms with van der Waals surface area (Å²) in [5.74, 6) is 0.0539. The molecule has 0 aromatic heterocycles. The molecule has 0 aliphatic heterocycles. The molecule has 1 aromatic carbocycles. The van der Waals surface area contributed by atoms with Crippen LogP contribution in [0.5, 0.6) is 0 Å². The molecule has 0 fully saturated rings. The highest BCUT2D eigenvalue weighted by Crippen LogP contribution is 2.16. The van der Waals surface area contributed by atoms with Gasteiger partial charge in [-0.05, 0) is 30.9 Å². The zero-order valence-corrected chi connectivity index (χ0v) is 13.1. The summed E-state index contributed by atoms with van der Waals surface area (Å²) in [6, 6.07) is 6.21. The Labute approximate surface area is 126 Å². The third-order valence-corrected chi connectivity index (χ3v) is 3.30. The van der Waals surface area contributed by atoms with Crippen molar-refractivity contribution in [1.82, 2.24) is 5.32 Å². The summed E-state index contributed by atoms with van der Waals surface area (Å²) in [6.45, 7) is 5.29. The SMILES string of the molecule is CC(C)C[C@H](N)C(=O)NCCCN(C)c1ccccc1F. The van der Waals surface area contributed by atoms with Gasteiger partial charge in [0.25, 0.3) is 0 Å². The van der Waals surface area contributed by atoms with Crippen LogP contribution in [0, 0.1) is 11.7 Å². The summed E-state index contributed by atoms with van der Waals surface area (Å²) in [7, 11) is 1.84. The van der Waals surface area contributed by atoms with Crippen molar-refractivity contribution in [3.05, 3.63) is 30.1 Å². The number of amides is 1. The van der Waals surface area contributed by atoms with Gasteiger partial charge in [-0.2, -0.15) is 0 Å². The number of rotatable bonds is 8. The third-order valence-electron chi connectivity index (χ3n) is 3.30. The van der Waals surface area contributed by atoms with E-state index < -0.39 is 6.04 Å². The fourth-order valence-corrected chi connectivity index (χ4v) is 2.16. The molecule has 21 heavy (non-hydrogen) atoms. The Bertz CT molecular complexity index is 451. The lowest BCUT2D eigenvalue weighted by Gasteiger charge is -2.20. The number of halogens is 1. The first-order valence-corrected chi connectivity index (χ1v) is 7.40. The number of anilines is 1. The van der Waals surface area contributed by atoms with Crippen LogP contribution in [0.1, 0.15) is 26.7 Å². The Morgan fingerprint density at radius 3 is 2.67 bits per heavy atom. The number of carbonyl (C=O) groups is 1. The van der Waals surface area contributed by atoms with Gasteiger partial charge in [0.2, 0.25) is 5.91 Å². The van der Waals surface area contributed by atoms with Crippen LogP contribution in [0.2, 0.25) is 0 Å². The Morgan fingerprint density at radius 2 is 2.05 bits per heavy atom. The van der Waals surface area contributed by atoms with E-state index in [-0.39, 0.29) is 11.7 Å². The fourth-order valence-electron chi connectivity index (χ4n) is 2.16. The average molecular weight is 295 g/mol. The smallest absolute Gasteiger partial charge is 0.236 e. The van der Waals surface area contributed by atoms with Crippen LogP contribution >= 0.6 is 0 Å². The maximum atomic E-state index is 13.6. The first-order valence-electron chi connectivity index (χ1n) is 7.40. The number of hydrogen-bond donors (Lipinski definition) is 2. The molecule has 0 radical (unpaired) electrons. The van der Waals surface area contributed by atoms with Crippen molar-refractivity contribution in [1.29, 1.82) is 0 Å². The second-order valence-corrected chi connectivity index (χ2v) is 5.75. The monoisotopic (exact) mass is 295 g/mol. The van der Waals surface area contributed by atoms with Crippen LogP contribution in [0.3, 0.4) is 0 Å². The summed E-state index contributed by atoms with van der Waals surface area (Å²) >= 11 is 0. The predicted molar refractivity (Wildman–Crippen MR) is 84.7 cm³/mol. The Hall–Kier alpha value is -1.62. The Kier molecular flexibility index (Phi) is 7.15. The summed E-state index contributed by atoms with van der Waals surface area (Å²) in [5, 5.41) is 2.82. The van der Waals surface area contributed by atoms with Crippen molar-refractivity contribution >= 4 is 11.6 Å². The highest BCUT2D eigenvalue weighted by atomic mass is 19.1. The molecule has 4 nitrogen and oxygen atoms in total. The van der Waals surface area contributed by atoms with Crippen molar-refractivity contribution in [2.45, 2.75) is 32.7 Å². The Morgan fingerprint density at radius 1 is 1.38 bits per heavy atom.